The second-order valence-electron chi connectivity index (χ2n) is 6.81. The average molecular weight is 377 g/mol. The standard InChI is InChI=1S/C19H24N4O2.ClH/c1-3-22-14(2)15(11-20-22)12-21-10-6-7-16(13-21)23-17-8-4-5-9-18(17)25-19(23)24;/h4-5,8-9,11,16H,3,6-7,10,12-13H2,1-2H3;1H. The van der Waals surface area contributed by atoms with Crippen LogP contribution >= 0.6 is 12.4 Å². The summed E-state index contributed by atoms with van der Waals surface area (Å²) >= 11 is 0. The van der Waals surface area contributed by atoms with Crippen LogP contribution < -0.4 is 5.76 Å². The SMILES string of the molecule is CCn1ncc(CN2CCCC(n3c(=O)oc4ccccc43)C2)c1C.Cl. The molecule has 0 amide bonds. The van der Waals surface area contributed by atoms with Crippen LogP contribution in [-0.4, -0.2) is 32.3 Å². The van der Waals surface area contributed by atoms with Crippen molar-refractivity contribution in [1.29, 1.82) is 0 Å². The van der Waals surface area contributed by atoms with Crippen molar-refractivity contribution in [3.63, 3.8) is 0 Å². The maximum atomic E-state index is 12.4. The van der Waals surface area contributed by atoms with Gasteiger partial charge < -0.3 is 4.42 Å². The van der Waals surface area contributed by atoms with Crippen LogP contribution in [0.25, 0.3) is 11.1 Å². The summed E-state index contributed by atoms with van der Waals surface area (Å²) in [6.45, 7) is 7.92. The molecule has 3 heterocycles. The summed E-state index contributed by atoms with van der Waals surface area (Å²) in [5.41, 5.74) is 4.07. The van der Waals surface area contributed by atoms with Crippen LogP contribution in [-0.2, 0) is 13.1 Å². The number of para-hydroxylation sites is 2. The van der Waals surface area contributed by atoms with E-state index in [-0.39, 0.29) is 24.2 Å². The van der Waals surface area contributed by atoms with Crippen LogP contribution in [0, 0.1) is 6.92 Å². The molecule has 1 fully saturated rings. The molecule has 26 heavy (non-hydrogen) atoms. The first-order valence-electron chi connectivity index (χ1n) is 9.01. The van der Waals surface area contributed by atoms with E-state index in [1.54, 1.807) is 0 Å². The van der Waals surface area contributed by atoms with E-state index in [1.807, 2.05) is 39.7 Å². The molecule has 4 rings (SSSR count). The Labute approximate surface area is 158 Å². The summed E-state index contributed by atoms with van der Waals surface area (Å²) < 4.78 is 9.29. The summed E-state index contributed by atoms with van der Waals surface area (Å²) in [4.78, 5) is 14.8. The van der Waals surface area contributed by atoms with Gasteiger partial charge in [0.2, 0.25) is 0 Å². The third-order valence-corrected chi connectivity index (χ3v) is 5.26. The fourth-order valence-corrected chi connectivity index (χ4v) is 3.92. The normalized spacial score (nSPS) is 18.2. The molecular weight excluding hydrogens is 352 g/mol. The molecule has 1 aliphatic heterocycles. The minimum absolute atomic E-state index is 0. The fourth-order valence-electron chi connectivity index (χ4n) is 3.92. The van der Waals surface area contributed by atoms with Crippen molar-refractivity contribution < 1.29 is 4.42 Å². The Hall–Kier alpha value is -2.05. The van der Waals surface area contributed by atoms with Crippen LogP contribution in [0.5, 0.6) is 0 Å². The van der Waals surface area contributed by atoms with Gasteiger partial charge in [0.05, 0.1) is 17.8 Å². The van der Waals surface area contributed by atoms with Crippen molar-refractivity contribution in [3.05, 3.63) is 52.3 Å². The number of hydrogen-bond acceptors (Lipinski definition) is 4. The average Bonchev–Trinajstić information content (AvgIpc) is 3.14. The van der Waals surface area contributed by atoms with E-state index < -0.39 is 0 Å². The molecule has 0 spiro atoms. The summed E-state index contributed by atoms with van der Waals surface area (Å²) in [6, 6.07) is 7.84. The Morgan fingerprint density at radius 3 is 2.88 bits per heavy atom. The van der Waals surface area contributed by atoms with E-state index in [4.69, 9.17) is 4.42 Å². The molecule has 7 heteroatoms. The Bertz CT molecular complexity index is 943. The van der Waals surface area contributed by atoms with Gasteiger partial charge in [-0.3, -0.25) is 14.1 Å². The molecule has 1 atom stereocenters. The van der Waals surface area contributed by atoms with Crippen molar-refractivity contribution in [2.45, 2.75) is 45.8 Å². The molecule has 0 saturated carbocycles. The van der Waals surface area contributed by atoms with E-state index in [1.165, 1.54) is 11.3 Å². The first-order valence-corrected chi connectivity index (χ1v) is 9.01. The summed E-state index contributed by atoms with van der Waals surface area (Å²) in [5, 5.41) is 4.44. The zero-order chi connectivity index (χ0) is 17.4. The van der Waals surface area contributed by atoms with Crippen LogP contribution in [0.15, 0.2) is 39.7 Å². The fraction of sp³-hybridized carbons (Fsp3) is 0.474. The van der Waals surface area contributed by atoms with Crippen LogP contribution in [0.4, 0.5) is 0 Å². The Balaban J connectivity index is 0.00000196. The molecule has 0 N–H and O–H groups in total. The quantitative estimate of drug-likeness (QED) is 0.700. The number of hydrogen-bond donors (Lipinski definition) is 0. The summed E-state index contributed by atoms with van der Waals surface area (Å²) in [7, 11) is 0. The van der Waals surface area contributed by atoms with E-state index in [2.05, 4.69) is 23.8 Å². The highest BCUT2D eigenvalue weighted by Gasteiger charge is 2.25. The summed E-state index contributed by atoms with van der Waals surface area (Å²) in [5.74, 6) is -0.247. The lowest BCUT2D eigenvalue weighted by Crippen LogP contribution is -2.38. The van der Waals surface area contributed by atoms with Crippen LogP contribution in [0.3, 0.4) is 0 Å². The molecule has 1 aromatic carbocycles. The second-order valence-corrected chi connectivity index (χ2v) is 6.81. The van der Waals surface area contributed by atoms with Gasteiger partial charge in [0.15, 0.2) is 5.58 Å². The van der Waals surface area contributed by atoms with Gasteiger partial charge in [-0.15, -0.1) is 12.4 Å². The van der Waals surface area contributed by atoms with Gasteiger partial charge in [0, 0.05) is 30.9 Å². The third kappa shape index (κ3) is 3.31. The Morgan fingerprint density at radius 1 is 1.31 bits per heavy atom. The predicted molar refractivity (Wildman–Crippen MR) is 104 cm³/mol. The number of aromatic nitrogens is 3. The van der Waals surface area contributed by atoms with E-state index in [0.717, 1.165) is 44.5 Å². The van der Waals surface area contributed by atoms with Gasteiger partial charge in [0.1, 0.15) is 0 Å². The second kappa shape index (κ2) is 7.68. The number of fused-ring (bicyclic) bond motifs is 1. The highest BCUT2D eigenvalue weighted by molar-refractivity contribution is 5.85. The number of piperidine rings is 1. The molecule has 0 bridgehead atoms. The van der Waals surface area contributed by atoms with E-state index in [0.29, 0.717) is 5.58 Å². The number of rotatable bonds is 4. The molecular formula is C19H25ClN4O2. The molecule has 1 saturated heterocycles. The predicted octanol–water partition coefficient (Wildman–Crippen LogP) is 3.38. The van der Waals surface area contributed by atoms with E-state index >= 15 is 0 Å². The van der Waals surface area contributed by atoms with Crippen molar-refractivity contribution in [2.75, 3.05) is 13.1 Å². The van der Waals surface area contributed by atoms with Crippen LogP contribution in [0.2, 0.25) is 0 Å². The number of benzene rings is 1. The lowest BCUT2D eigenvalue weighted by atomic mass is 10.0. The van der Waals surface area contributed by atoms with Gasteiger partial charge in [-0.25, -0.2) is 4.79 Å². The Kier molecular flexibility index (Phi) is 5.53. The van der Waals surface area contributed by atoms with Gasteiger partial charge in [-0.2, -0.15) is 5.10 Å². The zero-order valence-electron chi connectivity index (χ0n) is 15.2. The molecule has 3 aromatic rings. The van der Waals surface area contributed by atoms with Gasteiger partial charge >= 0.3 is 5.76 Å². The largest absolute Gasteiger partial charge is 0.420 e. The maximum Gasteiger partial charge on any atom is 0.420 e. The van der Waals surface area contributed by atoms with Crippen molar-refractivity contribution >= 4 is 23.5 Å². The number of likely N-dealkylation sites (tertiary alicyclic amines) is 1. The topological polar surface area (TPSA) is 56.2 Å². The first kappa shape index (κ1) is 18.7. The lowest BCUT2D eigenvalue weighted by molar-refractivity contribution is 0.167. The molecule has 1 aliphatic rings. The molecule has 0 radical (unpaired) electrons. The van der Waals surface area contributed by atoms with Gasteiger partial charge in [-0.1, -0.05) is 12.1 Å². The van der Waals surface area contributed by atoms with Crippen molar-refractivity contribution in [1.82, 2.24) is 19.2 Å². The van der Waals surface area contributed by atoms with Gasteiger partial charge in [-0.05, 0) is 45.4 Å². The minimum atomic E-state index is -0.247. The molecule has 2 aromatic heterocycles. The number of halogens is 1. The van der Waals surface area contributed by atoms with Crippen LogP contribution in [0.1, 0.15) is 37.1 Å². The monoisotopic (exact) mass is 376 g/mol. The molecule has 1 unspecified atom stereocenters. The minimum Gasteiger partial charge on any atom is -0.408 e. The smallest absolute Gasteiger partial charge is 0.408 e. The van der Waals surface area contributed by atoms with E-state index in [9.17, 15) is 4.79 Å². The van der Waals surface area contributed by atoms with Crippen molar-refractivity contribution in [2.24, 2.45) is 0 Å². The highest BCUT2D eigenvalue weighted by atomic mass is 35.5. The Morgan fingerprint density at radius 2 is 2.12 bits per heavy atom. The number of nitrogens with zero attached hydrogens (tertiary/aromatic N) is 4. The summed E-state index contributed by atoms with van der Waals surface area (Å²) in [6.07, 6.45) is 4.06. The molecule has 140 valence electrons. The van der Waals surface area contributed by atoms with Crippen molar-refractivity contribution in [3.8, 4) is 0 Å². The maximum absolute atomic E-state index is 12.4. The molecule has 6 nitrogen and oxygen atoms in total. The first-order chi connectivity index (χ1) is 12.2. The van der Waals surface area contributed by atoms with Gasteiger partial charge in [0.25, 0.3) is 0 Å². The third-order valence-electron chi connectivity index (χ3n) is 5.26. The zero-order valence-corrected chi connectivity index (χ0v) is 16.0. The highest BCUT2D eigenvalue weighted by Crippen LogP contribution is 2.26. The number of oxazole rings is 1. The number of aryl methyl sites for hydroxylation is 1. The lowest BCUT2D eigenvalue weighted by Gasteiger charge is -2.32. The molecule has 0 aliphatic carbocycles.